The van der Waals surface area contributed by atoms with Gasteiger partial charge in [-0.25, -0.2) is 0 Å². The Labute approximate surface area is 128 Å². The van der Waals surface area contributed by atoms with Crippen molar-refractivity contribution in [2.45, 2.75) is 31.6 Å². The van der Waals surface area contributed by atoms with Gasteiger partial charge in [0.2, 0.25) is 11.2 Å². The predicted octanol–water partition coefficient (Wildman–Crippen LogP) is 2.99. The quantitative estimate of drug-likeness (QED) is 0.791. The molecule has 2 aliphatic rings. The van der Waals surface area contributed by atoms with E-state index in [0.29, 0.717) is 12.2 Å². The lowest BCUT2D eigenvalue weighted by atomic mass is 9.56. The summed E-state index contributed by atoms with van der Waals surface area (Å²) in [6.45, 7) is 0. The van der Waals surface area contributed by atoms with Crippen molar-refractivity contribution in [3.8, 4) is 18.2 Å². The fourth-order valence-corrected chi connectivity index (χ4v) is 3.77. The van der Waals surface area contributed by atoms with E-state index < -0.39 is 17.1 Å². The average Bonchev–Trinajstić information content (AvgIpc) is 3.08. The van der Waals surface area contributed by atoms with E-state index in [1.54, 1.807) is 12.1 Å². The summed E-state index contributed by atoms with van der Waals surface area (Å²) in [6, 6.07) is 9.12. The molecule has 2 aliphatic carbocycles. The van der Waals surface area contributed by atoms with Gasteiger partial charge in [0.25, 0.3) is 0 Å². The van der Waals surface area contributed by atoms with Crippen LogP contribution in [0.15, 0.2) is 34.0 Å². The highest BCUT2D eigenvalue weighted by molar-refractivity contribution is 6.09. The summed E-state index contributed by atoms with van der Waals surface area (Å²) in [7, 11) is 0. The number of hydrogen-bond acceptors (Lipinski definition) is 5. The van der Waals surface area contributed by atoms with Crippen LogP contribution in [0.2, 0.25) is 0 Å². The molecule has 0 aromatic carbocycles. The normalized spacial score (nSPS) is 26.5. The third-order valence-electron chi connectivity index (χ3n) is 4.75. The van der Waals surface area contributed by atoms with Gasteiger partial charge in [-0.2, -0.15) is 15.8 Å². The Morgan fingerprint density at radius 2 is 2.00 bits per heavy atom. The lowest BCUT2D eigenvalue weighted by Gasteiger charge is -2.41. The van der Waals surface area contributed by atoms with Crippen molar-refractivity contribution in [3.05, 3.63) is 35.3 Å². The Balaban J connectivity index is 2.29. The summed E-state index contributed by atoms with van der Waals surface area (Å²) in [5.41, 5.74) is -1.08. The molecular weight excluding hydrogens is 278 g/mol. The van der Waals surface area contributed by atoms with E-state index >= 15 is 0 Å². The number of allylic oxidation sites excluding steroid dienone is 2. The molecule has 2 atom stereocenters. The molecule has 5 nitrogen and oxygen atoms in total. The van der Waals surface area contributed by atoms with Crippen molar-refractivity contribution < 1.29 is 9.21 Å². The smallest absolute Gasteiger partial charge is 0.217 e. The van der Waals surface area contributed by atoms with Gasteiger partial charge in [-0.1, -0.05) is 6.42 Å². The summed E-state index contributed by atoms with van der Waals surface area (Å²) in [4.78, 5) is 12.7. The molecule has 1 saturated carbocycles. The van der Waals surface area contributed by atoms with Crippen LogP contribution in [0.1, 0.15) is 37.4 Å². The van der Waals surface area contributed by atoms with E-state index in [1.807, 2.05) is 18.2 Å². The molecule has 3 rings (SSSR count). The van der Waals surface area contributed by atoms with Gasteiger partial charge < -0.3 is 4.42 Å². The van der Waals surface area contributed by atoms with Crippen LogP contribution in [-0.2, 0) is 4.79 Å². The highest BCUT2D eigenvalue weighted by atomic mass is 16.3. The molecule has 0 saturated heterocycles. The first kappa shape index (κ1) is 14.1. The molecule has 108 valence electrons. The number of fused-ring (bicyclic) bond motifs is 1. The first-order valence-electron chi connectivity index (χ1n) is 7.23. The monoisotopic (exact) mass is 291 g/mol. The number of carbonyl (C=O) groups is 1. The second-order valence-electron chi connectivity index (χ2n) is 5.72. The first-order valence-corrected chi connectivity index (χ1v) is 7.23. The molecule has 22 heavy (non-hydrogen) atoms. The van der Waals surface area contributed by atoms with Crippen LogP contribution < -0.4 is 0 Å². The summed E-state index contributed by atoms with van der Waals surface area (Å²) in [5, 5.41) is 28.6. The van der Waals surface area contributed by atoms with E-state index in [-0.39, 0.29) is 11.5 Å². The minimum atomic E-state index is -1.88. The van der Waals surface area contributed by atoms with Gasteiger partial charge in [-0.05, 0) is 42.9 Å². The molecule has 1 aromatic rings. The van der Waals surface area contributed by atoms with Gasteiger partial charge >= 0.3 is 0 Å². The molecule has 1 fully saturated rings. The lowest BCUT2D eigenvalue weighted by molar-refractivity contribution is -0.122. The zero-order chi connectivity index (χ0) is 15.7. The number of carbonyl (C=O) groups excluding carboxylic acids is 1. The number of furan rings is 1. The van der Waals surface area contributed by atoms with Crippen molar-refractivity contribution in [3.63, 3.8) is 0 Å². The van der Waals surface area contributed by atoms with Crippen LogP contribution in [0.5, 0.6) is 0 Å². The van der Waals surface area contributed by atoms with Crippen LogP contribution in [0.4, 0.5) is 0 Å². The lowest BCUT2D eigenvalue weighted by Crippen LogP contribution is -2.45. The molecule has 0 N–H and O–H groups in total. The molecule has 5 heteroatoms. The number of ketones is 1. The minimum Gasteiger partial charge on any atom is -0.469 e. The second kappa shape index (κ2) is 5.17. The van der Waals surface area contributed by atoms with Crippen molar-refractivity contribution in [2.75, 3.05) is 0 Å². The first-order chi connectivity index (χ1) is 10.7. The van der Waals surface area contributed by atoms with Gasteiger partial charge in [0, 0.05) is 0 Å². The third-order valence-corrected chi connectivity index (χ3v) is 4.75. The molecular formula is C17H13N3O2. The van der Waals surface area contributed by atoms with Gasteiger partial charge in [0.05, 0.1) is 29.9 Å². The van der Waals surface area contributed by atoms with Crippen molar-refractivity contribution in [2.24, 2.45) is 11.3 Å². The second-order valence-corrected chi connectivity index (χ2v) is 5.72. The van der Waals surface area contributed by atoms with Crippen molar-refractivity contribution >= 4 is 5.78 Å². The molecule has 0 amide bonds. The van der Waals surface area contributed by atoms with Crippen LogP contribution in [0, 0.1) is 45.3 Å². The van der Waals surface area contributed by atoms with Crippen molar-refractivity contribution in [1.82, 2.24) is 0 Å². The number of nitrogens with zero attached hydrogens (tertiary/aromatic N) is 3. The maximum absolute atomic E-state index is 12.7. The largest absolute Gasteiger partial charge is 0.469 e. The number of rotatable bonds is 1. The molecule has 1 heterocycles. The van der Waals surface area contributed by atoms with E-state index in [9.17, 15) is 20.6 Å². The Kier molecular flexibility index (Phi) is 3.32. The van der Waals surface area contributed by atoms with E-state index in [2.05, 4.69) is 0 Å². The zero-order valence-corrected chi connectivity index (χ0v) is 11.9. The Morgan fingerprint density at radius 1 is 1.23 bits per heavy atom. The summed E-state index contributed by atoms with van der Waals surface area (Å²) in [5.74, 6) is -1.00. The summed E-state index contributed by atoms with van der Waals surface area (Å²) < 4.78 is 5.44. The van der Waals surface area contributed by atoms with Crippen LogP contribution in [0.25, 0.3) is 0 Å². The standard InChI is InChI=1S/C17H13N3O2/c18-8-13-11-4-1-2-5-12(11)15(14-6-3-7-22-14)17(9-19,10-20)16(13)21/h3,6-7,12,15H,1-2,4-5H2. The predicted molar refractivity (Wildman–Crippen MR) is 74.7 cm³/mol. The van der Waals surface area contributed by atoms with Crippen molar-refractivity contribution in [1.29, 1.82) is 15.8 Å². The number of Topliss-reactive ketones (excluding diaryl/α,β-unsaturated/α-hetero) is 1. The Bertz CT molecular complexity index is 754. The molecule has 0 aliphatic heterocycles. The van der Waals surface area contributed by atoms with Crippen LogP contribution in [-0.4, -0.2) is 5.78 Å². The average molecular weight is 291 g/mol. The third kappa shape index (κ3) is 1.71. The number of nitriles is 3. The topological polar surface area (TPSA) is 102 Å². The highest BCUT2D eigenvalue weighted by Gasteiger charge is 2.58. The molecule has 0 bridgehead atoms. The van der Waals surface area contributed by atoms with Crippen LogP contribution >= 0.6 is 0 Å². The molecule has 0 spiro atoms. The van der Waals surface area contributed by atoms with E-state index in [0.717, 1.165) is 24.8 Å². The minimum absolute atomic E-state index is 0.00982. The molecule has 2 unspecified atom stereocenters. The Morgan fingerprint density at radius 3 is 2.59 bits per heavy atom. The van der Waals surface area contributed by atoms with Gasteiger partial charge in [-0.3, -0.25) is 4.79 Å². The highest BCUT2D eigenvalue weighted by Crippen LogP contribution is 2.54. The fraction of sp³-hybridized carbons (Fsp3) is 0.412. The van der Waals surface area contributed by atoms with E-state index in [4.69, 9.17) is 4.42 Å². The maximum atomic E-state index is 12.7. The van der Waals surface area contributed by atoms with Crippen LogP contribution in [0.3, 0.4) is 0 Å². The zero-order valence-electron chi connectivity index (χ0n) is 11.9. The SMILES string of the molecule is N#CC1=C2CCCCC2C(c2ccco2)C(C#N)(C#N)C1=O. The van der Waals surface area contributed by atoms with Gasteiger partial charge in [-0.15, -0.1) is 0 Å². The van der Waals surface area contributed by atoms with Gasteiger partial charge in [0.1, 0.15) is 11.8 Å². The fourth-order valence-electron chi connectivity index (χ4n) is 3.77. The molecule has 0 radical (unpaired) electrons. The Hall–Kier alpha value is -2.84. The van der Waals surface area contributed by atoms with Gasteiger partial charge in [0.15, 0.2) is 0 Å². The molecule has 1 aromatic heterocycles. The summed E-state index contributed by atoms with van der Waals surface area (Å²) >= 11 is 0. The maximum Gasteiger partial charge on any atom is 0.217 e. The summed E-state index contributed by atoms with van der Waals surface area (Å²) in [6.07, 6.45) is 4.77. The number of hydrogen-bond donors (Lipinski definition) is 0. The van der Waals surface area contributed by atoms with E-state index in [1.165, 1.54) is 6.26 Å².